The molecule has 0 spiro atoms. The lowest BCUT2D eigenvalue weighted by molar-refractivity contribution is -0.123. The van der Waals surface area contributed by atoms with Gasteiger partial charge in [-0.05, 0) is 17.2 Å². The molecule has 1 aromatic heterocycles. The normalized spacial score (nSPS) is 10.6. The number of hydrogen-bond donors (Lipinski definition) is 1. The van der Waals surface area contributed by atoms with Crippen LogP contribution in [0.5, 0.6) is 5.75 Å². The van der Waals surface area contributed by atoms with Gasteiger partial charge >= 0.3 is 0 Å². The number of carbonyl (C=O) groups excluding carboxylic acids is 1. The van der Waals surface area contributed by atoms with Gasteiger partial charge in [0.25, 0.3) is 5.91 Å². The monoisotopic (exact) mass is 424 g/mol. The van der Waals surface area contributed by atoms with Crippen molar-refractivity contribution in [3.05, 3.63) is 75.2 Å². The molecule has 9 heteroatoms. The Morgan fingerprint density at radius 2 is 1.74 bits per heavy atom. The van der Waals surface area contributed by atoms with Gasteiger partial charge in [0, 0.05) is 12.6 Å². The van der Waals surface area contributed by atoms with Crippen LogP contribution >= 0.6 is 34.8 Å². The van der Waals surface area contributed by atoms with Crippen molar-refractivity contribution in [2.45, 2.75) is 13.1 Å². The molecule has 0 bridgehead atoms. The SMILES string of the molecule is O=C(COc1cc(Cl)c(Cl)cc1Cl)NCc1ccc(Cn2cncn2)cc1. The number of carbonyl (C=O) groups is 1. The van der Waals surface area contributed by atoms with Crippen LogP contribution in [0.1, 0.15) is 11.1 Å². The first-order valence-corrected chi connectivity index (χ1v) is 9.09. The van der Waals surface area contributed by atoms with Crippen molar-refractivity contribution >= 4 is 40.7 Å². The molecule has 0 saturated carbocycles. The van der Waals surface area contributed by atoms with Gasteiger partial charge in [0.1, 0.15) is 18.4 Å². The summed E-state index contributed by atoms with van der Waals surface area (Å²) >= 11 is 17.8. The summed E-state index contributed by atoms with van der Waals surface area (Å²) < 4.78 is 7.14. The average Bonchev–Trinajstić information content (AvgIpc) is 3.16. The minimum absolute atomic E-state index is 0.179. The van der Waals surface area contributed by atoms with Gasteiger partial charge in [0.15, 0.2) is 6.61 Å². The maximum atomic E-state index is 12.0. The Labute approximate surface area is 171 Å². The van der Waals surface area contributed by atoms with Crippen molar-refractivity contribution in [2.24, 2.45) is 0 Å². The van der Waals surface area contributed by atoms with E-state index in [9.17, 15) is 4.79 Å². The first kappa shape index (κ1) is 19.5. The summed E-state index contributed by atoms with van der Waals surface area (Å²) in [5, 5.41) is 7.78. The van der Waals surface area contributed by atoms with Gasteiger partial charge in [0.05, 0.1) is 21.6 Å². The number of benzene rings is 2. The van der Waals surface area contributed by atoms with Crippen LogP contribution in [0, 0.1) is 0 Å². The lowest BCUT2D eigenvalue weighted by atomic mass is 10.1. The van der Waals surface area contributed by atoms with Crippen LogP contribution in [-0.2, 0) is 17.9 Å². The smallest absolute Gasteiger partial charge is 0.258 e. The molecule has 0 atom stereocenters. The molecule has 1 N–H and O–H groups in total. The van der Waals surface area contributed by atoms with Gasteiger partial charge in [-0.2, -0.15) is 5.10 Å². The second kappa shape index (κ2) is 9.08. The molecule has 3 rings (SSSR count). The van der Waals surface area contributed by atoms with E-state index in [2.05, 4.69) is 15.4 Å². The van der Waals surface area contributed by atoms with Crippen LogP contribution in [0.15, 0.2) is 49.1 Å². The van der Waals surface area contributed by atoms with Crippen molar-refractivity contribution in [1.29, 1.82) is 0 Å². The summed E-state index contributed by atoms with van der Waals surface area (Å²) in [5.41, 5.74) is 2.06. The molecule has 6 nitrogen and oxygen atoms in total. The van der Waals surface area contributed by atoms with E-state index < -0.39 is 0 Å². The summed E-state index contributed by atoms with van der Waals surface area (Å²) in [6, 6.07) is 10.8. The predicted molar refractivity (Wildman–Crippen MR) is 104 cm³/mol. The first-order valence-electron chi connectivity index (χ1n) is 7.95. The van der Waals surface area contributed by atoms with E-state index in [0.717, 1.165) is 11.1 Å². The highest BCUT2D eigenvalue weighted by molar-refractivity contribution is 6.43. The van der Waals surface area contributed by atoms with E-state index in [1.807, 2.05) is 24.3 Å². The highest BCUT2D eigenvalue weighted by atomic mass is 35.5. The summed E-state index contributed by atoms with van der Waals surface area (Å²) in [6.45, 7) is 0.855. The van der Waals surface area contributed by atoms with E-state index in [-0.39, 0.29) is 12.5 Å². The minimum atomic E-state index is -0.274. The van der Waals surface area contributed by atoms with Crippen molar-refractivity contribution < 1.29 is 9.53 Å². The lowest BCUT2D eigenvalue weighted by Crippen LogP contribution is -2.28. The van der Waals surface area contributed by atoms with Gasteiger partial charge in [-0.25, -0.2) is 9.67 Å². The third-order valence-electron chi connectivity index (χ3n) is 3.66. The number of amides is 1. The molecule has 1 amide bonds. The van der Waals surface area contributed by atoms with Crippen LogP contribution in [0.2, 0.25) is 15.1 Å². The summed E-state index contributed by atoms with van der Waals surface area (Å²) in [5.74, 6) is 0.0301. The van der Waals surface area contributed by atoms with E-state index in [1.165, 1.54) is 18.5 Å². The second-order valence-electron chi connectivity index (χ2n) is 5.67. The Hall–Kier alpha value is -2.28. The predicted octanol–water partition coefficient (Wildman–Crippen LogP) is 3.98. The number of ether oxygens (including phenoxy) is 1. The first-order chi connectivity index (χ1) is 13.0. The lowest BCUT2D eigenvalue weighted by Gasteiger charge is -2.10. The van der Waals surface area contributed by atoms with Crippen LogP contribution in [-0.4, -0.2) is 27.3 Å². The van der Waals surface area contributed by atoms with E-state index in [0.29, 0.717) is 33.9 Å². The number of nitrogens with zero attached hydrogens (tertiary/aromatic N) is 3. The zero-order chi connectivity index (χ0) is 19.2. The molecular formula is C18H15Cl3N4O2. The maximum absolute atomic E-state index is 12.0. The maximum Gasteiger partial charge on any atom is 0.258 e. The molecule has 0 radical (unpaired) electrons. The van der Waals surface area contributed by atoms with Crippen LogP contribution < -0.4 is 10.1 Å². The molecule has 0 saturated heterocycles. The number of rotatable bonds is 7. The number of nitrogens with one attached hydrogen (secondary N) is 1. The highest BCUT2D eigenvalue weighted by Gasteiger charge is 2.09. The fraction of sp³-hybridized carbons (Fsp3) is 0.167. The van der Waals surface area contributed by atoms with Gasteiger partial charge in [-0.1, -0.05) is 59.1 Å². The molecule has 140 valence electrons. The van der Waals surface area contributed by atoms with E-state index in [4.69, 9.17) is 39.5 Å². The molecule has 1 heterocycles. The summed E-state index contributed by atoms with van der Waals surface area (Å²) in [4.78, 5) is 15.9. The molecule has 3 aromatic rings. The van der Waals surface area contributed by atoms with Crippen LogP contribution in [0.3, 0.4) is 0 Å². The molecule has 2 aromatic carbocycles. The topological polar surface area (TPSA) is 69.0 Å². The third kappa shape index (κ3) is 5.60. The quantitative estimate of drug-likeness (QED) is 0.581. The fourth-order valence-corrected chi connectivity index (χ4v) is 2.87. The number of aromatic nitrogens is 3. The zero-order valence-electron chi connectivity index (χ0n) is 14.0. The van der Waals surface area contributed by atoms with Crippen molar-refractivity contribution in [3.63, 3.8) is 0 Å². The van der Waals surface area contributed by atoms with Gasteiger partial charge < -0.3 is 10.1 Å². The van der Waals surface area contributed by atoms with Gasteiger partial charge in [0.2, 0.25) is 0 Å². The van der Waals surface area contributed by atoms with Gasteiger partial charge in [-0.15, -0.1) is 0 Å². The fourth-order valence-electron chi connectivity index (χ4n) is 2.27. The standard InChI is InChI=1S/C18H15Cl3N4O2/c19-14-5-16(21)17(6-15(14)20)27-9-18(26)23-7-12-1-3-13(4-2-12)8-25-11-22-10-24-25/h1-6,10-11H,7-9H2,(H,23,26). The molecule has 0 aliphatic carbocycles. The number of hydrogen-bond acceptors (Lipinski definition) is 4. The van der Waals surface area contributed by atoms with Crippen LogP contribution in [0.25, 0.3) is 0 Å². The largest absolute Gasteiger partial charge is 0.482 e. The molecule has 0 aliphatic rings. The summed E-state index contributed by atoms with van der Waals surface area (Å²) in [6.07, 6.45) is 3.16. The van der Waals surface area contributed by atoms with E-state index in [1.54, 1.807) is 11.0 Å². The van der Waals surface area contributed by atoms with Crippen LogP contribution in [0.4, 0.5) is 0 Å². The molecule has 27 heavy (non-hydrogen) atoms. The Kier molecular flexibility index (Phi) is 6.55. The highest BCUT2D eigenvalue weighted by Crippen LogP contribution is 2.33. The Morgan fingerprint density at radius 3 is 2.44 bits per heavy atom. The average molecular weight is 426 g/mol. The third-order valence-corrected chi connectivity index (χ3v) is 4.67. The second-order valence-corrected chi connectivity index (χ2v) is 6.89. The minimum Gasteiger partial charge on any atom is -0.482 e. The molecule has 0 unspecified atom stereocenters. The van der Waals surface area contributed by atoms with Crippen molar-refractivity contribution in [1.82, 2.24) is 20.1 Å². The Morgan fingerprint density at radius 1 is 1.04 bits per heavy atom. The Balaban J connectivity index is 1.47. The molecule has 0 aliphatic heterocycles. The molecular weight excluding hydrogens is 411 g/mol. The van der Waals surface area contributed by atoms with Crippen molar-refractivity contribution in [2.75, 3.05) is 6.61 Å². The molecule has 0 fully saturated rings. The van der Waals surface area contributed by atoms with Gasteiger partial charge in [-0.3, -0.25) is 4.79 Å². The Bertz CT molecular complexity index is 915. The zero-order valence-corrected chi connectivity index (χ0v) is 16.3. The van der Waals surface area contributed by atoms with Crippen molar-refractivity contribution in [3.8, 4) is 5.75 Å². The van der Waals surface area contributed by atoms with E-state index >= 15 is 0 Å². The number of halogens is 3. The summed E-state index contributed by atoms with van der Waals surface area (Å²) in [7, 11) is 0.